The standard InChI is InChI=1S/C11H15BrN2O2/c1-7(2)14-11(15)6-16-10-5-8(13)3-4-9(10)12/h3-5,7H,6,13H2,1-2H3,(H,14,15). The van der Waals surface area contributed by atoms with E-state index < -0.39 is 0 Å². The van der Waals surface area contributed by atoms with Gasteiger partial charge in [-0.2, -0.15) is 0 Å². The van der Waals surface area contributed by atoms with Crippen LogP contribution in [0.1, 0.15) is 13.8 Å². The van der Waals surface area contributed by atoms with Gasteiger partial charge in [0.1, 0.15) is 5.75 Å². The minimum atomic E-state index is -0.149. The topological polar surface area (TPSA) is 64.3 Å². The van der Waals surface area contributed by atoms with Crippen LogP contribution >= 0.6 is 15.9 Å². The Morgan fingerprint density at radius 2 is 2.25 bits per heavy atom. The summed E-state index contributed by atoms with van der Waals surface area (Å²) in [5.74, 6) is 0.420. The third-order valence-corrected chi connectivity index (χ3v) is 2.42. The number of carbonyl (C=O) groups is 1. The molecule has 0 saturated heterocycles. The van der Waals surface area contributed by atoms with Gasteiger partial charge in [0.2, 0.25) is 0 Å². The smallest absolute Gasteiger partial charge is 0.258 e. The highest BCUT2D eigenvalue weighted by molar-refractivity contribution is 9.10. The average molecular weight is 287 g/mol. The highest BCUT2D eigenvalue weighted by Gasteiger charge is 2.06. The molecule has 0 fully saturated rings. The van der Waals surface area contributed by atoms with E-state index in [-0.39, 0.29) is 18.6 Å². The first-order chi connectivity index (χ1) is 7.49. The third-order valence-electron chi connectivity index (χ3n) is 1.76. The van der Waals surface area contributed by atoms with E-state index in [1.807, 2.05) is 13.8 Å². The Morgan fingerprint density at radius 1 is 1.56 bits per heavy atom. The molecule has 0 aliphatic carbocycles. The highest BCUT2D eigenvalue weighted by atomic mass is 79.9. The van der Waals surface area contributed by atoms with Crippen LogP contribution in [0.5, 0.6) is 5.75 Å². The van der Waals surface area contributed by atoms with Gasteiger partial charge in [-0.3, -0.25) is 4.79 Å². The lowest BCUT2D eigenvalue weighted by atomic mass is 10.3. The monoisotopic (exact) mass is 286 g/mol. The van der Waals surface area contributed by atoms with E-state index in [9.17, 15) is 4.79 Å². The van der Waals surface area contributed by atoms with Crippen molar-refractivity contribution in [2.24, 2.45) is 0 Å². The quantitative estimate of drug-likeness (QED) is 0.832. The van der Waals surface area contributed by atoms with Gasteiger partial charge in [0.05, 0.1) is 4.47 Å². The number of anilines is 1. The van der Waals surface area contributed by atoms with Crippen molar-refractivity contribution >= 4 is 27.5 Å². The van der Waals surface area contributed by atoms with Crippen molar-refractivity contribution in [1.29, 1.82) is 0 Å². The fourth-order valence-corrected chi connectivity index (χ4v) is 1.50. The summed E-state index contributed by atoms with van der Waals surface area (Å²) < 4.78 is 6.12. The Bertz CT molecular complexity index is 380. The fourth-order valence-electron chi connectivity index (χ4n) is 1.14. The Labute approximate surface area is 103 Å². The minimum Gasteiger partial charge on any atom is -0.483 e. The number of hydrogen-bond donors (Lipinski definition) is 2. The zero-order valence-electron chi connectivity index (χ0n) is 9.29. The molecule has 0 radical (unpaired) electrons. The summed E-state index contributed by atoms with van der Waals surface area (Å²) >= 11 is 3.32. The molecule has 1 amide bonds. The molecule has 3 N–H and O–H groups in total. The van der Waals surface area contributed by atoms with E-state index in [2.05, 4.69) is 21.2 Å². The molecule has 1 aromatic rings. The van der Waals surface area contributed by atoms with Crippen LogP contribution in [0.15, 0.2) is 22.7 Å². The number of rotatable bonds is 4. The van der Waals surface area contributed by atoms with Gasteiger partial charge in [0.25, 0.3) is 5.91 Å². The second-order valence-corrected chi connectivity index (χ2v) is 4.56. The number of nitrogens with one attached hydrogen (secondary N) is 1. The number of nitrogens with two attached hydrogens (primary N) is 1. The zero-order chi connectivity index (χ0) is 12.1. The Kier molecular flexibility index (Phi) is 4.61. The van der Waals surface area contributed by atoms with Crippen LogP contribution in [0, 0.1) is 0 Å². The first kappa shape index (κ1) is 12.8. The maximum Gasteiger partial charge on any atom is 0.258 e. The molecule has 16 heavy (non-hydrogen) atoms. The summed E-state index contributed by atoms with van der Waals surface area (Å²) in [6.07, 6.45) is 0. The lowest BCUT2D eigenvalue weighted by molar-refractivity contribution is -0.123. The van der Waals surface area contributed by atoms with Crippen LogP contribution in [0.4, 0.5) is 5.69 Å². The normalized spacial score (nSPS) is 10.2. The van der Waals surface area contributed by atoms with Gasteiger partial charge in [-0.15, -0.1) is 0 Å². The number of ether oxygens (including phenoxy) is 1. The molecule has 0 atom stereocenters. The van der Waals surface area contributed by atoms with E-state index in [4.69, 9.17) is 10.5 Å². The maximum atomic E-state index is 11.3. The van der Waals surface area contributed by atoms with E-state index in [0.717, 1.165) is 4.47 Å². The van der Waals surface area contributed by atoms with Gasteiger partial charge in [0, 0.05) is 17.8 Å². The van der Waals surface area contributed by atoms with E-state index in [0.29, 0.717) is 11.4 Å². The molecule has 0 aliphatic heterocycles. The summed E-state index contributed by atoms with van der Waals surface area (Å²) in [4.78, 5) is 11.3. The van der Waals surface area contributed by atoms with Gasteiger partial charge >= 0.3 is 0 Å². The van der Waals surface area contributed by atoms with Crippen molar-refractivity contribution in [3.8, 4) is 5.75 Å². The maximum absolute atomic E-state index is 11.3. The van der Waals surface area contributed by atoms with Gasteiger partial charge < -0.3 is 15.8 Å². The molecule has 0 heterocycles. The predicted octanol–water partition coefficient (Wildman–Crippen LogP) is 1.93. The number of carbonyl (C=O) groups excluding carboxylic acids is 1. The zero-order valence-corrected chi connectivity index (χ0v) is 10.9. The molecule has 0 aromatic heterocycles. The van der Waals surface area contributed by atoms with Crippen molar-refractivity contribution in [3.63, 3.8) is 0 Å². The minimum absolute atomic E-state index is 0.0137. The lowest BCUT2D eigenvalue weighted by Gasteiger charge is -2.11. The first-order valence-electron chi connectivity index (χ1n) is 4.96. The molecular formula is C11H15BrN2O2. The number of halogens is 1. The van der Waals surface area contributed by atoms with Crippen LogP contribution < -0.4 is 15.8 Å². The van der Waals surface area contributed by atoms with Crippen molar-refractivity contribution in [2.45, 2.75) is 19.9 Å². The molecule has 0 saturated carbocycles. The van der Waals surface area contributed by atoms with Crippen molar-refractivity contribution in [2.75, 3.05) is 12.3 Å². The van der Waals surface area contributed by atoms with E-state index in [1.165, 1.54) is 0 Å². The summed E-state index contributed by atoms with van der Waals surface area (Å²) in [5.41, 5.74) is 6.21. The third kappa shape index (κ3) is 4.10. The second-order valence-electron chi connectivity index (χ2n) is 3.70. The van der Waals surface area contributed by atoms with Crippen molar-refractivity contribution < 1.29 is 9.53 Å². The SMILES string of the molecule is CC(C)NC(=O)COc1cc(N)ccc1Br. The Balaban J connectivity index is 2.54. The lowest BCUT2D eigenvalue weighted by Crippen LogP contribution is -2.34. The van der Waals surface area contributed by atoms with Crippen LogP contribution in [0.25, 0.3) is 0 Å². The molecule has 0 aliphatic rings. The van der Waals surface area contributed by atoms with Crippen LogP contribution in [0.2, 0.25) is 0 Å². The molecule has 1 aromatic carbocycles. The largest absolute Gasteiger partial charge is 0.483 e. The number of nitrogen functional groups attached to an aromatic ring is 1. The molecule has 0 unspecified atom stereocenters. The summed E-state index contributed by atoms with van der Waals surface area (Å²) in [6, 6.07) is 5.32. The van der Waals surface area contributed by atoms with E-state index in [1.54, 1.807) is 18.2 Å². The molecule has 5 heteroatoms. The van der Waals surface area contributed by atoms with E-state index >= 15 is 0 Å². The Morgan fingerprint density at radius 3 is 2.88 bits per heavy atom. The van der Waals surface area contributed by atoms with Crippen LogP contribution in [-0.2, 0) is 4.79 Å². The van der Waals surface area contributed by atoms with Gasteiger partial charge in [-0.1, -0.05) is 0 Å². The summed E-state index contributed by atoms with van der Waals surface area (Å²) in [7, 11) is 0. The van der Waals surface area contributed by atoms with Gasteiger partial charge in [-0.05, 0) is 41.9 Å². The number of amides is 1. The molecular weight excluding hydrogens is 272 g/mol. The molecule has 4 nitrogen and oxygen atoms in total. The molecule has 0 bridgehead atoms. The van der Waals surface area contributed by atoms with Gasteiger partial charge in [0.15, 0.2) is 6.61 Å². The fraction of sp³-hybridized carbons (Fsp3) is 0.364. The number of hydrogen-bond acceptors (Lipinski definition) is 3. The van der Waals surface area contributed by atoms with Crippen molar-refractivity contribution in [3.05, 3.63) is 22.7 Å². The second kappa shape index (κ2) is 5.75. The molecule has 1 rings (SSSR count). The Hall–Kier alpha value is -1.23. The molecule has 0 spiro atoms. The van der Waals surface area contributed by atoms with Crippen molar-refractivity contribution in [1.82, 2.24) is 5.32 Å². The van der Waals surface area contributed by atoms with Gasteiger partial charge in [-0.25, -0.2) is 0 Å². The number of benzene rings is 1. The van der Waals surface area contributed by atoms with Crippen LogP contribution in [0.3, 0.4) is 0 Å². The van der Waals surface area contributed by atoms with Crippen LogP contribution in [-0.4, -0.2) is 18.6 Å². The summed E-state index contributed by atoms with van der Waals surface area (Å²) in [6.45, 7) is 3.78. The molecule has 88 valence electrons. The summed E-state index contributed by atoms with van der Waals surface area (Å²) in [5, 5.41) is 2.74. The first-order valence-corrected chi connectivity index (χ1v) is 5.75. The average Bonchev–Trinajstić information content (AvgIpc) is 2.18. The predicted molar refractivity (Wildman–Crippen MR) is 67.3 cm³/mol. The highest BCUT2D eigenvalue weighted by Crippen LogP contribution is 2.26.